The first-order valence-electron chi connectivity index (χ1n) is 9.56. The van der Waals surface area contributed by atoms with E-state index in [2.05, 4.69) is 30.6 Å². The first-order chi connectivity index (χ1) is 13.0. The third-order valence-electron chi connectivity index (χ3n) is 4.59. The van der Waals surface area contributed by atoms with Crippen LogP contribution in [0.25, 0.3) is 0 Å². The van der Waals surface area contributed by atoms with Crippen molar-refractivity contribution in [3.63, 3.8) is 0 Å². The minimum absolute atomic E-state index is 0.106. The van der Waals surface area contributed by atoms with Crippen LogP contribution in [0.1, 0.15) is 30.6 Å². The molecule has 0 spiro atoms. The second kappa shape index (κ2) is 10.9. The quantitative estimate of drug-likeness (QED) is 0.636. The smallest absolute Gasteiger partial charge is 0.251 e. The Morgan fingerprint density at radius 3 is 2.70 bits per heavy atom. The lowest BCUT2D eigenvalue weighted by atomic mass is 10.0. The number of nitrogens with zero attached hydrogens (tertiary/aromatic N) is 1. The Hall–Kier alpha value is -2.05. The Balaban J connectivity index is 2.00. The Morgan fingerprint density at radius 2 is 2.07 bits per heavy atom. The number of rotatable bonds is 10. The predicted molar refractivity (Wildman–Crippen MR) is 107 cm³/mol. The van der Waals surface area contributed by atoms with E-state index in [-0.39, 0.29) is 5.91 Å². The molecule has 1 heterocycles. The third kappa shape index (κ3) is 6.56. The van der Waals surface area contributed by atoms with Crippen molar-refractivity contribution >= 4 is 5.91 Å². The van der Waals surface area contributed by atoms with E-state index in [4.69, 9.17) is 14.2 Å². The molecule has 1 amide bonds. The largest absolute Gasteiger partial charge is 0.493 e. The average molecular weight is 376 g/mol. The summed E-state index contributed by atoms with van der Waals surface area (Å²) in [6, 6.07) is 5.53. The molecule has 1 aliphatic heterocycles. The normalized spacial score (nSPS) is 16.0. The zero-order valence-electron chi connectivity index (χ0n) is 16.7. The van der Waals surface area contributed by atoms with Gasteiger partial charge in [0, 0.05) is 31.2 Å². The zero-order chi connectivity index (χ0) is 19.6. The molecule has 6 heteroatoms. The number of benzene rings is 1. The molecular weight excluding hydrogens is 344 g/mol. The zero-order valence-corrected chi connectivity index (χ0v) is 16.7. The maximum atomic E-state index is 12.6. The van der Waals surface area contributed by atoms with E-state index >= 15 is 0 Å². The van der Waals surface area contributed by atoms with Crippen molar-refractivity contribution in [1.29, 1.82) is 0 Å². The van der Waals surface area contributed by atoms with Crippen LogP contribution in [-0.4, -0.2) is 63.4 Å². The second-order valence-electron chi connectivity index (χ2n) is 7.11. The van der Waals surface area contributed by atoms with Crippen LogP contribution in [-0.2, 0) is 4.74 Å². The molecule has 1 fully saturated rings. The summed E-state index contributed by atoms with van der Waals surface area (Å²) in [5.74, 6) is 1.60. The van der Waals surface area contributed by atoms with Gasteiger partial charge in [-0.05, 0) is 30.5 Å². The molecule has 1 aromatic rings. The minimum Gasteiger partial charge on any atom is -0.493 e. The number of methoxy groups -OCH3 is 1. The Bertz CT molecular complexity index is 612. The molecule has 2 rings (SSSR count). The maximum Gasteiger partial charge on any atom is 0.251 e. The van der Waals surface area contributed by atoms with Crippen LogP contribution in [0, 0.1) is 5.92 Å². The first-order valence-corrected chi connectivity index (χ1v) is 9.56. The summed E-state index contributed by atoms with van der Waals surface area (Å²) >= 11 is 0. The molecule has 150 valence electrons. The lowest BCUT2D eigenvalue weighted by Gasteiger charge is -2.35. The number of hydrogen-bond donors (Lipinski definition) is 1. The molecule has 1 saturated heterocycles. The Labute approximate surface area is 162 Å². The number of nitrogens with one attached hydrogen (secondary N) is 1. The predicted octanol–water partition coefficient (Wildman–Crippen LogP) is 2.74. The maximum absolute atomic E-state index is 12.6. The first kappa shape index (κ1) is 21.3. The van der Waals surface area contributed by atoms with Gasteiger partial charge in [-0.2, -0.15) is 0 Å². The van der Waals surface area contributed by atoms with Crippen LogP contribution in [0.15, 0.2) is 30.9 Å². The van der Waals surface area contributed by atoms with E-state index in [1.54, 1.807) is 31.4 Å². The van der Waals surface area contributed by atoms with Crippen molar-refractivity contribution in [1.82, 2.24) is 10.2 Å². The monoisotopic (exact) mass is 376 g/mol. The van der Waals surface area contributed by atoms with Crippen LogP contribution in [0.3, 0.4) is 0 Å². The van der Waals surface area contributed by atoms with E-state index in [0.717, 1.165) is 32.7 Å². The van der Waals surface area contributed by atoms with Crippen molar-refractivity contribution in [3.8, 4) is 11.5 Å². The number of ether oxygens (including phenoxy) is 3. The summed E-state index contributed by atoms with van der Waals surface area (Å²) in [5, 5.41) is 3.08. The molecule has 0 bridgehead atoms. The molecule has 0 radical (unpaired) electrons. The highest BCUT2D eigenvalue weighted by molar-refractivity contribution is 5.94. The average Bonchev–Trinajstić information content (AvgIpc) is 2.69. The van der Waals surface area contributed by atoms with Crippen molar-refractivity contribution in [3.05, 3.63) is 36.4 Å². The molecule has 1 unspecified atom stereocenters. The van der Waals surface area contributed by atoms with Crippen LogP contribution < -0.4 is 14.8 Å². The van der Waals surface area contributed by atoms with Crippen molar-refractivity contribution in [2.75, 3.05) is 46.6 Å². The molecule has 0 aliphatic carbocycles. The lowest BCUT2D eigenvalue weighted by Crippen LogP contribution is -2.49. The fourth-order valence-electron chi connectivity index (χ4n) is 3.24. The summed E-state index contributed by atoms with van der Waals surface area (Å²) in [7, 11) is 1.56. The van der Waals surface area contributed by atoms with Gasteiger partial charge in [0.2, 0.25) is 0 Å². The van der Waals surface area contributed by atoms with Crippen LogP contribution in [0.4, 0.5) is 0 Å². The Morgan fingerprint density at radius 1 is 1.33 bits per heavy atom. The number of carbonyl (C=O) groups excluding carboxylic acids is 1. The molecule has 0 saturated carbocycles. The molecular formula is C21H32N2O4. The number of hydrogen-bond acceptors (Lipinski definition) is 5. The van der Waals surface area contributed by atoms with E-state index in [1.807, 2.05) is 0 Å². The number of amides is 1. The Kier molecular flexibility index (Phi) is 8.61. The van der Waals surface area contributed by atoms with Gasteiger partial charge in [-0.25, -0.2) is 0 Å². The highest BCUT2D eigenvalue weighted by Gasteiger charge is 2.23. The van der Waals surface area contributed by atoms with Crippen molar-refractivity contribution < 1.29 is 19.0 Å². The van der Waals surface area contributed by atoms with Gasteiger partial charge in [0.15, 0.2) is 11.5 Å². The van der Waals surface area contributed by atoms with Crippen molar-refractivity contribution in [2.45, 2.75) is 26.3 Å². The summed E-state index contributed by atoms with van der Waals surface area (Å²) in [5.41, 5.74) is 0.558. The molecule has 1 N–H and O–H groups in total. The molecule has 1 atom stereocenters. The fourth-order valence-corrected chi connectivity index (χ4v) is 3.24. The van der Waals surface area contributed by atoms with E-state index in [9.17, 15) is 4.79 Å². The third-order valence-corrected chi connectivity index (χ3v) is 4.59. The fraction of sp³-hybridized carbons (Fsp3) is 0.571. The molecule has 0 aromatic heterocycles. The van der Waals surface area contributed by atoms with Gasteiger partial charge in [-0.15, -0.1) is 0 Å². The van der Waals surface area contributed by atoms with Crippen molar-refractivity contribution in [2.24, 2.45) is 5.92 Å². The van der Waals surface area contributed by atoms with Crippen LogP contribution in [0.2, 0.25) is 0 Å². The van der Waals surface area contributed by atoms with Crippen LogP contribution >= 0.6 is 0 Å². The summed E-state index contributed by atoms with van der Waals surface area (Å²) in [4.78, 5) is 15.1. The van der Waals surface area contributed by atoms with E-state index < -0.39 is 0 Å². The SMILES string of the molecule is C=CCOc1ccc(C(=O)NCC(CC(C)C)N2CCOCC2)cc1OC. The van der Waals surface area contributed by atoms with E-state index in [1.165, 1.54) is 0 Å². The molecule has 1 aliphatic rings. The standard InChI is InChI=1S/C21H32N2O4/c1-5-10-27-19-7-6-17(14-20(19)25-4)21(24)22-15-18(13-16(2)3)23-8-11-26-12-9-23/h5-7,14,16,18H,1,8-13,15H2,2-4H3,(H,22,24). The summed E-state index contributed by atoms with van der Waals surface area (Å²) in [6.45, 7) is 12.4. The van der Waals surface area contributed by atoms with Gasteiger partial charge in [0.1, 0.15) is 6.61 Å². The second-order valence-corrected chi connectivity index (χ2v) is 7.11. The van der Waals surface area contributed by atoms with E-state index in [0.29, 0.717) is 42.2 Å². The van der Waals surface area contributed by atoms with Gasteiger partial charge in [-0.1, -0.05) is 26.5 Å². The number of carbonyl (C=O) groups is 1. The topological polar surface area (TPSA) is 60.0 Å². The lowest BCUT2D eigenvalue weighted by molar-refractivity contribution is 0.0124. The van der Waals surface area contributed by atoms with Gasteiger partial charge >= 0.3 is 0 Å². The van der Waals surface area contributed by atoms with Gasteiger partial charge in [0.05, 0.1) is 20.3 Å². The number of morpholine rings is 1. The van der Waals surface area contributed by atoms with Gasteiger partial charge in [-0.3, -0.25) is 9.69 Å². The van der Waals surface area contributed by atoms with Gasteiger partial charge in [0.25, 0.3) is 5.91 Å². The minimum atomic E-state index is -0.106. The summed E-state index contributed by atoms with van der Waals surface area (Å²) < 4.78 is 16.3. The highest BCUT2D eigenvalue weighted by atomic mass is 16.5. The van der Waals surface area contributed by atoms with Gasteiger partial charge < -0.3 is 19.5 Å². The summed E-state index contributed by atoms with van der Waals surface area (Å²) in [6.07, 6.45) is 2.71. The molecule has 1 aromatic carbocycles. The molecule has 27 heavy (non-hydrogen) atoms. The molecule has 6 nitrogen and oxygen atoms in total. The van der Waals surface area contributed by atoms with Crippen LogP contribution in [0.5, 0.6) is 11.5 Å². The highest BCUT2D eigenvalue weighted by Crippen LogP contribution is 2.28.